The SMILES string of the molecule is CCCCCCCCCCCCCCCCCC(=O)O.CCCCCCCCCCCCCCCCCCC(=O)O.N.N. The Hall–Kier alpha value is -1.14. The number of unbranched alkanes of at least 4 members (excludes halogenated alkanes) is 29. The van der Waals surface area contributed by atoms with Crippen LogP contribution in [-0.2, 0) is 9.59 Å². The number of aliphatic carboxylic acids is 2. The van der Waals surface area contributed by atoms with Gasteiger partial charge in [-0.3, -0.25) is 9.59 Å². The molecule has 43 heavy (non-hydrogen) atoms. The Morgan fingerprint density at radius 3 is 0.581 bits per heavy atom. The van der Waals surface area contributed by atoms with Crippen LogP contribution in [0.3, 0.4) is 0 Å². The van der Waals surface area contributed by atoms with Gasteiger partial charge in [0, 0.05) is 12.8 Å². The highest BCUT2D eigenvalue weighted by molar-refractivity contribution is 5.66. The first-order valence-electron chi connectivity index (χ1n) is 18.5. The van der Waals surface area contributed by atoms with Crippen LogP contribution in [0.2, 0.25) is 0 Å². The third-order valence-corrected chi connectivity index (χ3v) is 8.24. The van der Waals surface area contributed by atoms with E-state index in [1.807, 2.05) is 0 Å². The molecule has 0 rings (SSSR count). The average molecular weight is 617 g/mol. The van der Waals surface area contributed by atoms with Crippen LogP contribution in [0.5, 0.6) is 0 Å². The van der Waals surface area contributed by atoms with Gasteiger partial charge in [0.05, 0.1) is 0 Å². The van der Waals surface area contributed by atoms with Crippen LogP contribution in [0.1, 0.15) is 226 Å². The summed E-state index contributed by atoms with van der Waals surface area (Å²) in [6.45, 7) is 4.54. The highest BCUT2D eigenvalue weighted by atomic mass is 16.4. The predicted molar refractivity (Wildman–Crippen MR) is 189 cm³/mol. The molecule has 0 amide bonds. The molecule has 0 radical (unpaired) electrons. The lowest BCUT2D eigenvalue weighted by Crippen LogP contribution is -1.93. The normalized spacial score (nSPS) is 10.4. The number of hydrogen-bond acceptors (Lipinski definition) is 4. The minimum Gasteiger partial charge on any atom is -0.481 e. The van der Waals surface area contributed by atoms with E-state index in [1.165, 1.54) is 173 Å². The predicted octanol–water partition coefficient (Wildman–Crippen LogP) is 13.4. The van der Waals surface area contributed by atoms with Crippen LogP contribution in [-0.4, -0.2) is 22.2 Å². The summed E-state index contributed by atoms with van der Waals surface area (Å²) in [6.07, 6.45) is 41.9. The van der Waals surface area contributed by atoms with Gasteiger partial charge < -0.3 is 22.5 Å². The van der Waals surface area contributed by atoms with E-state index in [2.05, 4.69) is 13.8 Å². The Kier molecular flexibility index (Phi) is 51.4. The smallest absolute Gasteiger partial charge is 0.303 e. The van der Waals surface area contributed by atoms with Crippen molar-refractivity contribution in [2.45, 2.75) is 226 Å². The second kappa shape index (κ2) is 45.3. The average Bonchev–Trinajstić information content (AvgIpc) is 2.95. The summed E-state index contributed by atoms with van der Waals surface area (Å²) in [5.41, 5.74) is 0. The summed E-state index contributed by atoms with van der Waals surface area (Å²) in [7, 11) is 0. The molecule has 0 unspecified atom stereocenters. The zero-order valence-corrected chi connectivity index (χ0v) is 29.5. The molecule has 0 heterocycles. The topological polar surface area (TPSA) is 145 Å². The molecular weight excluding hydrogens is 536 g/mol. The third kappa shape index (κ3) is 53.8. The van der Waals surface area contributed by atoms with Gasteiger partial charge in [0.15, 0.2) is 0 Å². The highest BCUT2D eigenvalue weighted by Crippen LogP contribution is 2.15. The van der Waals surface area contributed by atoms with E-state index >= 15 is 0 Å². The van der Waals surface area contributed by atoms with Crippen molar-refractivity contribution >= 4 is 11.9 Å². The van der Waals surface area contributed by atoms with E-state index in [9.17, 15) is 9.59 Å². The van der Waals surface area contributed by atoms with Crippen LogP contribution >= 0.6 is 0 Å². The highest BCUT2D eigenvalue weighted by Gasteiger charge is 1.98. The maximum Gasteiger partial charge on any atom is 0.303 e. The van der Waals surface area contributed by atoms with Gasteiger partial charge in [0.1, 0.15) is 0 Å². The summed E-state index contributed by atoms with van der Waals surface area (Å²) in [4.78, 5) is 20.7. The molecule has 0 aliphatic rings. The van der Waals surface area contributed by atoms with Gasteiger partial charge in [-0.25, -0.2) is 0 Å². The van der Waals surface area contributed by atoms with E-state index in [-0.39, 0.29) is 12.3 Å². The van der Waals surface area contributed by atoms with Crippen LogP contribution < -0.4 is 12.3 Å². The maximum atomic E-state index is 10.3. The lowest BCUT2D eigenvalue weighted by molar-refractivity contribution is -0.138. The second-order valence-electron chi connectivity index (χ2n) is 12.5. The van der Waals surface area contributed by atoms with Gasteiger partial charge in [0.2, 0.25) is 0 Å². The van der Waals surface area contributed by atoms with Gasteiger partial charge in [0.25, 0.3) is 0 Å². The lowest BCUT2D eigenvalue weighted by atomic mass is 10.0. The summed E-state index contributed by atoms with van der Waals surface area (Å²) >= 11 is 0. The summed E-state index contributed by atoms with van der Waals surface area (Å²) in [5, 5.41) is 17.0. The largest absolute Gasteiger partial charge is 0.481 e. The van der Waals surface area contributed by atoms with E-state index in [4.69, 9.17) is 10.2 Å². The first-order valence-corrected chi connectivity index (χ1v) is 18.5. The van der Waals surface area contributed by atoms with Crippen LogP contribution in [0.4, 0.5) is 0 Å². The molecular formula is C37H80N2O4. The van der Waals surface area contributed by atoms with Gasteiger partial charge in [-0.2, -0.15) is 0 Å². The van der Waals surface area contributed by atoms with Crippen molar-refractivity contribution in [2.24, 2.45) is 0 Å². The standard InChI is InChI=1S/C19H38O2.C18H36O2.2H3N/c1-2-3-4-5-6-7-8-9-10-11-12-13-14-15-16-17-18-19(20)21;1-2-3-4-5-6-7-8-9-10-11-12-13-14-15-16-17-18(19)20;;/h2-18H2,1H3,(H,20,21);2-17H2,1H3,(H,19,20);2*1H3. The Labute approximate surface area is 269 Å². The molecule has 0 bridgehead atoms. The number of carbonyl (C=O) groups is 2. The molecule has 0 aromatic heterocycles. The summed E-state index contributed by atoms with van der Waals surface area (Å²) in [5.74, 6) is -1.31. The minimum atomic E-state index is -0.653. The molecule has 0 spiro atoms. The monoisotopic (exact) mass is 617 g/mol. The maximum absolute atomic E-state index is 10.3. The fraction of sp³-hybridized carbons (Fsp3) is 0.946. The fourth-order valence-corrected chi connectivity index (χ4v) is 5.47. The number of carboxylic acid groups (broad SMARTS) is 2. The Balaban J connectivity index is -0.000000338. The van der Waals surface area contributed by atoms with E-state index in [0.717, 1.165) is 25.7 Å². The number of hydrogen-bond donors (Lipinski definition) is 4. The van der Waals surface area contributed by atoms with E-state index in [0.29, 0.717) is 12.8 Å². The van der Waals surface area contributed by atoms with Crippen molar-refractivity contribution < 1.29 is 19.8 Å². The zero-order valence-electron chi connectivity index (χ0n) is 29.5. The van der Waals surface area contributed by atoms with Crippen molar-refractivity contribution in [3.05, 3.63) is 0 Å². The third-order valence-electron chi connectivity index (χ3n) is 8.24. The van der Waals surface area contributed by atoms with E-state index < -0.39 is 11.9 Å². The zero-order chi connectivity index (χ0) is 30.5. The molecule has 262 valence electrons. The fourth-order valence-electron chi connectivity index (χ4n) is 5.47. The van der Waals surface area contributed by atoms with Crippen molar-refractivity contribution in [3.63, 3.8) is 0 Å². The van der Waals surface area contributed by atoms with Crippen molar-refractivity contribution in [2.75, 3.05) is 0 Å². The first-order chi connectivity index (χ1) is 20.0. The molecule has 0 saturated heterocycles. The molecule has 0 fully saturated rings. The molecule has 0 aromatic rings. The van der Waals surface area contributed by atoms with Crippen molar-refractivity contribution in [1.29, 1.82) is 0 Å². The first kappa shape index (κ1) is 48.8. The van der Waals surface area contributed by atoms with Gasteiger partial charge in [-0.05, 0) is 12.8 Å². The number of carboxylic acids is 2. The van der Waals surface area contributed by atoms with E-state index in [1.54, 1.807) is 0 Å². The Morgan fingerprint density at radius 2 is 0.442 bits per heavy atom. The Morgan fingerprint density at radius 1 is 0.302 bits per heavy atom. The van der Waals surface area contributed by atoms with Crippen molar-refractivity contribution in [1.82, 2.24) is 12.3 Å². The summed E-state index contributed by atoms with van der Waals surface area (Å²) < 4.78 is 0. The molecule has 0 saturated carbocycles. The van der Waals surface area contributed by atoms with Crippen LogP contribution in [0.25, 0.3) is 0 Å². The molecule has 6 heteroatoms. The van der Waals surface area contributed by atoms with Crippen molar-refractivity contribution in [3.8, 4) is 0 Å². The lowest BCUT2D eigenvalue weighted by Gasteiger charge is -2.03. The van der Waals surface area contributed by atoms with Crippen LogP contribution in [0.15, 0.2) is 0 Å². The quantitative estimate of drug-likeness (QED) is 0.0539. The second-order valence-corrected chi connectivity index (χ2v) is 12.5. The molecule has 0 aliphatic heterocycles. The van der Waals surface area contributed by atoms with Gasteiger partial charge in [-0.1, -0.05) is 200 Å². The Bertz CT molecular complexity index is 517. The van der Waals surface area contributed by atoms with Crippen LogP contribution in [0, 0.1) is 0 Å². The molecule has 6 nitrogen and oxygen atoms in total. The molecule has 0 atom stereocenters. The molecule has 0 aromatic carbocycles. The molecule has 8 N–H and O–H groups in total. The molecule has 0 aliphatic carbocycles. The number of rotatable bonds is 33. The summed E-state index contributed by atoms with van der Waals surface area (Å²) in [6, 6.07) is 0. The van der Waals surface area contributed by atoms with Gasteiger partial charge >= 0.3 is 11.9 Å². The van der Waals surface area contributed by atoms with Gasteiger partial charge in [-0.15, -0.1) is 0 Å². The minimum absolute atomic E-state index is 0.